The van der Waals surface area contributed by atoms with Crippen molar-refractivity contribution in [1.29, 1.82) is 0 Å². The molecule has 0 amide bonds. The normalized spacial score (nSPS) is 21.4. The van der Waals surface area contributed by atoms with E-state index in [0.717, 1.165) is 29.8 Å². The summed E-state index contributed by atoms with van der Waals surface area (Å²) >= 11 is 5.95. The molecular formula is C19H26ClN3. The first-order valence-corrected chi connectivity index (χ1v) is 9.10. The highest BCUT2D eigenvalue weighted by molar-refractivity contribution is 6.30. The summed E-state index contributed by atoms with van der Waals surface area (Å²) in [5, 5.41) is 4.40. The van der Waals surface area contributed by atoms with E-state index in [2.05, 4.69) is 33.2 Å². The number of nitrogens with one attached hydrogen (secondary N) is 1. The summed E-state index contributed by atoms with van der Waals surface area (Å²) < 4.78 is 2.20. The molecule has 124 valence electrons. The van der Waals surface area contributed by atoms with Crippen LogP contribution in [0.15, 0.2) is 43.0 Å². The molecule has 1 saturated heterocycles. The minimum absolute atomic E-state index is 0.805. The first-order chi connectivity index (χ1) is 11.3. The number of piperidine rings is 1. The minimum Gasteiger partial charge on any atom is -0.337 e. The maximum atomic E-state index is 5.95. The zero-order valence-corrected chi connectivity index (χ0v) is 14.4. The lowest BCUT2D eigenvalue weighted by molar-refractivity contribution is 0.217. The summed E-state index contributed by atoms with van der Waals surface area (Å²) in [6.45, 7) is 3.44. The van der Waals surface area contributed by atoms with Gasteiger partial charge < -0.3 is 9.88 Å². The van der Waals surface area contributed by atoms with Crippen molar-refractivity contribution in [2.75, 3.05) is 13.1 Å². The molecule has 2 aromatic rings. The molecule has 3 nitrogen and oxygen atoms in total. The van der Waals surface area contributed by atoms with E-state index in [1.807, 2.05) is 24.7 Å². The van der Waals surface area contributed by atoms with Crippen molar-refractivity contribution in [2.45, 2.75) is 38.6 Å². The largest absolute Gasteiger partial charge is 0.337 e. The van der Waals surface area contributed by atoms with Crippen molar-refractivity contribution in [3.63, 3.8) is 0 Å². The van der Waals surface area contributed by atoms with Crippen molar-refractivity contribution in [3.8, 4) is 0 Å². The van der Waals surface area contributed by atoms with Crippen LogP contribution in [-0.4, -0.2) is 22.6 Å². The van der Waals surface area contributed by atoms with Crippen LogP contribution in [0.4, 0.5) is 0 Å². The molecule has 1 aromatic carbocycles. The minimum atomic E-state index is 0.805. The van der Waals surface area contributed by atoms with Crippen molar-refractivity contribution in [2.24, 2.45) is 11.8 Å². The van der Waals surface area contributed by atoms with Crippen molar-refractivity contribution >= 4 is 11.6 Å². The topological polar surface area (TPSA) is 29.9 Å². The van der Waals surface area contributed by atoms with Crippen molar-refractivity contribution in [3.05, 3.63) is 53.6 Å². The van der Waals surface area contributed by atoms with Crippen LogP contribution < -0.4 is 5.32 Å². The number of nitrogens with zero attached hydrogens (tertiary/aromatic N) is 2. The maximum absolute atomic E-state index is 5.95. The zero-order valence-electron chi connectivity index (χ0n) is 13.6. The van der Waals surface area contributed by atoms with Crippen LogP contribution in [0.1, 0.15) is 31.2 Å². The highest BCUT2D eigenvalue weighted by atomic mass is 35.5. The molecule has 2 atom stereocenters. The summed E-state index contributed by atoms with van der Waals surface area (Å²) in [7, 11) is 0. The number of rotatable bonds is 7. The summed E-state index contributed by atoms with van der Waals surface area (Å²) in [4.78, 5) is 4.14. The van der Waals surface area contributed by atoms with Crippen LogP contribution in [0, 0.1) is 11.8 Å². The lowest BCUT2D eigenvalue weighted by Crippen LogP contribution is -2.37. The van der Waals surface area contributed by atoms with Gasteiger partial charge in [0.15, 0.2) is 0 Å². The fourth-order valence-corrected chi connectivity index (χ4v) is 3.77. The van der Waals surface area contributed by atoms with E-state index < -0.39 is 0 Å². The van der Waals surface area contributed by atoms with E-state index in [1.165, 1.54) is 44.3 Å². The van der Waals surface area contributed by atoms with Gasteiger partial charge in [0, 0.05) is 24.0 Å². The van der Waals surface area contributed by atoms with Gasteiger partial charge in [-0.3, -0.25) is 0 Å². The van der Waals surface area contributed by atoms with Gasteiger partial charge >= 0.3 is 0 Å². The molecule has 1 N–H and O–H groups in total. The van der Waals surface area contributed by atoms with Crippen molar-refractivity contribution in [1.82, 2.24) is 14.9 Å². The Morgan fingerprint density at radius 2 is 2.04 bits per heavy atom. The van der Waals surface area contributed by atoms with E-state index in [0.29, 0.717) is 0 Å². The first kappa shape index (κ1) is 16.5. The molecule has 1 fully saturated rings. The SMILES string of the molecule is Clc1ccc(CCCC2CNCCC2CCn2ccnc2)cc1. The highest BCUT2D eigenvalue weighted by Gasteiger charge is 2.24. The number of hydrogen-bond donors (Lipinski definition) is 1. The number of imidazole rings is 1. The van der Waals surface area contributed by atoms with E-state index in [1.54, 1.807) is 0 Å². The molecule has 2 heterocycles. The summed E-state index contributed by atoms with van der Waals surface area (Å²) in [5.41, 5.74) is 1.40. The van der Waals surface area contributed by atoms with E-state index in [9.17, 15) is 0 Å². The molecule has 0 spiro atoms. The molecule has 0 saturated carbocycles. The average molecular weight is 332 g/mol. The number of halogens is 1. The summed E-state index contributed by atoms with van der Waals surface area (Å²) in [6, 6.07) is 8.29. The molecule has 0 bridgehead atoms. The molecule has 0 radical (unpaired) electrons. The second-order valence-corrected chi connectivity index (χ2v) is 7.06. The lowest BCUT2D eigenvalue weighted by atomic mass is 9.80. The number of hydrogen-bond acceptors (Lipinski definition) is 2. The molecule has 1 aliphatic rings. The standard InChI is InChI=1S/C19H26ClN3/c20-19-6-4-16(5-7-19)2-1-3-18-14-21-10-8-17(18)9-12-23-13-11-22-15-23/h4-7,11,13,15,17-18,21H,1-3,8-10,12,14H2. The predicted molar refractivity (Wildman–Crippen MR) is 95.7 cm³/mol. The quantitative estimate of drug-likeness (QED) is 0.825. The van der Waals surface area contributed by atoms with Gasteiger partial charge in [-0.2, -0.15) is 0 Å². The molecule has 0 aliphatic carbocycles. The van der Waals surface area contributed by atoms with Gasteiger partial charge in [-0.25, -0.2) is 4.98 Å². The van der Waals surface area contributed by atoms with E-state index in [-0.39, 0.29) is 0 Å². The number of aromatic nitrogens is 2. The molecule has 1 aliphatic heterocycles. The third-order valence-electron chi connectivity index (χ3n) is 5.04. The third-order valence-corrected chi connectivity index (χ3v) is 5.29. The van der Waals surface area contributed by atoms with Crippen LogP contribution in [0.25, 0.3) is 0 Å². The zero-order chi connectivity index (χ0) is 15.9. The Morgan fingerprint density at radius 1 is 1.17 bits per heavy atom. The van der Waals surface area contributed by atoms with Crippen LogP contribution in [-0.2, 0) is 13.0 Å². The van der Waals surface area contributed by atoms with Gasteiger partial charge in [0.2, 0.25) is 0 Å². The molecule has 2 unspecified atom stereocenters. The molecular weight excluding hydrogens is 306 g/mol. The Bertz CT molecular complexity index is 565. The fraction of sp³-hybridized carbons (Fsp3) is 0.526. The van der Waals surface area contributed by atoms with Gasteiger partial charge in [0.25, 0.3) is 0 Å². The molecule has 4 heteroatoms. The van der Waals surface area contributed by atoms with Gasteiger partial charge in [0.1, 0.15) is 0 Å². The second kappa shape index (κ2) is 8.51. The number of aryl methyl sites for hydroxylation is 2. The Kier molecular flexibility index (Phi) is 6.12. The fourth-order valence-electron chi connectivity index (χ4n) is 3.65. The lowest BCUT2D eigenvalue weighted by Gasteiger charge is -2.32. The maximum Gasteiger partial charge on any atom is 0.0945 e. The van der Waals surface area contributed by atoms with Crippen LogP contribution in [0.5, 0.6) is 0 Å². The summed E-state index contributed by atoms with van der Waals surface area (Å²) in [6.07, 6.45) is 12.2. The monoisotopic (exact) mass is 331 g/mol. The predicted octanol–water partition coefficient (Wildman–Crippen LogP) is 4.18. The van der Waals surface area contributed by atoms with Crippen molar-refractivity contribution < 1.29 is 0 Å². The van der Waals surface area contributed by atoms with Gasteiger partial charge in [-0.15, -0.1) is 0 Å². The van der Waals surface area contributed by atoms with Crippen LogP contribution in [0.2, 0.25) is 5.02 Å². The molecule has 3 rings (SSSR count). The third kappa shape index (κ3) is 5.08. The van der Waals surface area contributed by atoms with E-state index >= 15 is 0 Å². The average Bonchev–Trinajstić information content (AvgIpc) is 3.09. The molecule has 1 aromatic heterocycles. The number of benzene rings is 1. The summed E-state index contributed by atoms with van der Waals surface area (Å²) in [5.74, 6) is 1.64. The smallest absolute Gasteiger partial charge is 0.0945 e. The Labute approximate surface area is 144 Å². The van der Waals surface area contributed by atoms with Gasteiger partial charge in [0.05, 0.1) is 6.33 Å². The Morgan fingerprint density at radius 3 is 2.83 bits per heavy atom. The highest BCUT2D eigenvalue weighted by Crippen LogP contribution is 2.28. The second-order valence-electron chi connectivity index (χ2n) is 6.62. The van der Waals surface area contributed by atoms with Crippen LogP contribution >= 0.6 is 11.6 Å². The van der Waals surface area contributed by atoms with Crippen LogP contribution in [0.3, 0.4) is 0 Å². The van der Waals surface area contributed by atoms with E-state index in [4.69, 9.17) is 11.6 Å². The Balaban J connectivity index is 1.45. The van der Waals surface area contributed by atoms with Gasteiger partial charge in [-0.1, -0.05) is 23.7 Å². The first-order valence-electron chi connectivity index (χ1n) is 8.72. The van der Waals surface area contributed by atoms with Gasteiger partial charge in [-0.05, 0) is 74.7 Å². The Hall–Kier alpha value is -1.32. The molecule has 23 heavy (non-hydrogen) atoms.